The van der Waals surface area contributed by atoms with E-state index in [0.29, 0.717) is 13.0 Å². The van der Waals surface area contributed by atoms with Gasteiger partial charge in [0, 0.05) is 6.54 Å². The van der Waals surface area contributed by atoms with Gasteiger partial charge in [-0.05, 0) is 30.0 Å². The van der Waals surface area contributed by atoms with Crippen LogP contribution >= 0.6 is 0 Å². The lowest BCUT2D eigenvalue weighted by Gasteiger charge is -2.15. The van der Waals surface area contributed by atoms with Gasteiger partial charge >= 0.3 is 0 Å². The van der Waals surface area contributed by atoms with E-state index in [1.165, 1.54) is 12.1 Å². The summed E-state index contributed by atoms with van der Waals surface area (Å²) in [5, 5.41) is 7.76. The molecule has 0 aliphatic heterocycles. The molecule has 0 fully saturated rings. The summed E-state index contributed by atoms with van der Waals surface area (Å²) < 4.78 is 22.2. The first-order valence-corrected chi connectivity index (χ1v) is 7.91. The van der Waals surface area contributed by atoms with Crippen LogP contribution in [0.25, 0.3) is 0 Å². The van der Waals surface area contributed by atoms with Crippen molar-refractivity contribution in [2.24, 2.45) is 16.8 Å². The predicted octanol–water partition coefficient (Wildman–Crippen LogP) is -0.0240. The van der Waals surface area contributed by atoms with E-state index in [2.05, 4.69) is 5.32 Å². The largest absolute Gasteiger partial charge is 0.354 e. The minimum atomic E-state index is -3.66. The van der Waals surface area contributed by atoms with Crippen molar-refractivity contribution in [2.75, 3.05) is 6.54 Å². The second-order valence-corrected chi connectivity index (χ2v) is 6.56. The molecule has 0 heterocycles. The van der Waals surface area contributed by atoms with Crippen LogP contribution in [0.3, 0.4) is 0 Å². The Bertz CT molecular complexity index is 553. The Hall–Kier alpha value is -1.44. The Morgan fingerprint density at radius 3 is 2.25 bits per heavy atom. The molecule has 0 radical (unpaired) electrons. The molecule has 20 heavy (non-hydrogen) atoms. The van der Waals surface area contributed by atoms with Crippen molar-refractivity contribution in [3.05, 3.63) is 29.8 Å². The summed E-state index contributed by atoms with van der Waals surface area (Å²) in [6.07, 6.45) is 0.599. The normalized spacial score (nSPS) is 13.2. The van der Waals surface area contributed by atoms with E-state index in [1.807, 2.05) is 13.8 Å². The van der Waals surface area contributed by atoms with E-state index in [1.54, 1.807) is 12.1 Å². The van der Waals surface area contributed by atoms with Crippen LogP contribution < -0.4 is 16.2 Å². The lowest BCUT2D eigenvalue weighted by molar-refractivity contribution is -0.123. The van der Waals surface area contributed by atoms with Crippen molar-refractivity contribution < 1.29 is 13.2 Å². The van der Waals surface area contributed by atoms with Crippen LogP contribution in [-0.2, 0) is 21.2 Å². The molecule has 1 aromatic rings. The fourth-order valence-corrected chi connectivity index (χ4v) is 2.11. The number of sulfonamides is 1. The van der Waals surface area contributed by atoms with Crippen LogP contribution in [0.2, 0.25) is 0 Å². The molecule has 1 rings (SSSR count). The number of benzene rings is 1. The molecule has 0 aliphatic rings. The second kappa shape index (κ2) is 6.83. The highest BCUT2D eigenvalue weighted by Crippen LogP contribution is 2.09. The van der Waals surface area contributed by atoms with Gasteiger partial charge in [-0.1, -0.05) is 26.0 Å². The molecule has 5 N–H and O–H groups in total. The highest BCUT2D eigenvalue weighted by molar-refractivity contribution is 7.89. The first-order valence-electron chi connectivity index (χ1n) is 6.37. The predicted molar refractivity (Wildman–Crippen MR) is 77.3 cm³/mol. The Labute approximate surface area is 119 Å². The molecular formula is C13H21N3O3S. The maximum absolute atomic E-state index is 11.6. The Kier molecular flexibility index (Phi) is 5.67. The van der Waals surface area contributed by atoms with Crippen LogP contribution in [0, 0.1) is 5.92 Å². The standard InChI is InChI=1S/C13H21N3O3S/c1-9(2)12(14)13(17)16-8-7-10-3-5-11(6-4-10)20(15,18)19/h3-6,9,12H,7-8,14H2,1-2H3,(H,16,17)(H2,15,18,19)/t12-/m1/s1. The molecule has 0 saturated carbocycles. The Balaban J connectivity index is 2.49. The van der Waals surface area contributed by atoms with Crippen molar-refractivity contribution in [3.63, 3.8) is 0 Å². The first kappa shape index (κ1) is 16.6. The van der Waals surface area contributed by atoms with Gasteiger partial charge < -0.3 is 11.1 Å². The van der Waals surface area contributed by atoms with Gasteiger partial charge in [0.2, 0.25) is 15.9 Å². The first-order chi connectivity index (χ1) is 9.21. The van der Waals surface area contributed by atoms with Crippen molar-refractivity contribution in [1.29, 1.82) is 0 Å². The number of nitrogens with one attached hydrogen (secondary N) is 1. The van der Waals surface area contributed by atoms with Gasteiger partial charge in [-0.2, -0.15) is 0 Å². The SMILES string of the molecule is CC(C)[C@@H](N)C(=O)NCCc1ccc(S(N)(=O)=O)cc1. The maximum Gasteiger partial charge on any atom is 0.238 e. The summed E-state index contributed by atoms with van der Waals surface area (Å²) in [4.78, 5) is 11.7. The molecule has 7 heteroatoms. The summed E-state index contributed by atoms with van der Waals surface area (Å²) >= 11 is 0. The van der Waals surface area contributed by atoms with E-state index < -0.39 is 16.1 Å². The third-order valence-electron chi connectivity index (χ3n) is 2.99. The summed E-state index contributed by atoms with van der Waals surface area (Å²) in [5.41, 5.74) is 6.63. The molecule has 0 spiro atoms. The van der Waals surface area contributed by atoms with E-state index in [-0.39, 0.29) is 16.7 Å². The van der Waals surface area contributed by atoms with Gasteiger partial charge in [0.1, 0.15) is 0 Å². The molecule has 1 aromatic carbocycles. The average Bonchev–Trinajstić information content (AvgIpc) is 2.37. The third-order valence-corrected chi connectivity index (χ3v) is 3.92. The lowest BCUT2D eigenvalue weighted by Crippen LogP contribution is -2.44. The van der Waals surface area contributed by atoms with Gasteiger partial charge in [-0.25, -0.2) is 13.6 Å². The number of carbonyl (C=O) groups is 1. The number of hydrogen-bond donors (Lipinski definition) is 3. The minimum Gasteiger partial charge on any atom is -0.354 e. The van der Waals surface area contributed by atoms with Crippen molar-refractivity contribution in [1.82, 2.24) is 5.32 Å². The zero-order chi connectivity index (χ0) is 15.3. The molecule has 0 unspecified atom stereocenters. The van der Waals surface area contributed by atoms with Crippen LogP contribution in [0.15, 0.2) is 29.2 Å². The van der Waals surface area contributed by atoms with Crippen molar-refractivity contribution in [3.8, 4) is 0 Å². The molecule has 1 atom stereocenters. The van der Waals surface area contributed by atoms with E-state index in [4.69, 9.17) is 10.9 Å². The molecule has 0 aliphatic carbocycles. The van der Waals surface area contributed by atoms with Crippen molar-refractivity contribution >= 4 is 15.9 Å². The molecule has 0 bridgehead atoms. The molecule has 0 saturated heterocycles. The van der Waals surface area contributed by atoms with Gasteiger partial charge in [-0.15, -0.1) is 0 Å². The highest BCUT2D eigenvalue weighted by atomic mass is 32.2. The minimum absolute atomic E-state index is 0.0760. The quantitative estimate of drug-likeness (QED) is 0.684. The number of amides is 1. The highest BCUT2D eigenvalue weighted by Gasteiger charge is 2.16. The number of primary sulfonamides is 1. The second-order valence-electron chi connectivity index (χ2n) is 5.00. The molecule has 6 nitrogen and oxygen atoms in total. The van der Waals surface area contributed by atoms with Gasteiger partial charge in [0.15, 0.2) is 0 Å². The number of rotatable bonds is 6. The fraction of sp³-hybridized carbons (Fsp3) is 0.462. The summed E-state index contributed by atoms with van der Waals surface area (Å²) in [5.74, 6) is -0.0924. The van der Waals surface area contributed by atoms with Crippen molar-refractivity contribution in [2.45, 2.75) is 31.2 Å². The van der Waals surface area contributed by atoms with Crippen LogP contribution in [0.5, 0.6) is 0 Å². The Morgan fingerprint density at radius 2 is 1.80 bits per heavy atom. The van der Waals surface area contributed by atoms with Gasteiger partial charge in [0.25, 0.3) is 0 Å². The number of nitrogens with two attached hydrogens (primary N) is 2. The Morgan fingerprint density at radius 1 is 1.25 bits per heavy atom. The zero-order valence-electron chi connectivity index (χ0n) is 11.7. The fourth-order valence-electron chi connectivity index (χ4n) is 1.60. The van der Waals surface area contributed by atoms with E-state index in [9.17, 15) is 13.2 Å². The molecule has 112 valence electrons. The summed E-state index contributed by atoms with van der Waals surface area (Å²) in [7, 11) is -3.66. The molecule has 0 aromatic heterocycles. The van der Waals surface area contributed by atoms with E-state index >= 15 is 0 Å². The van der Waals surface area contributed by atoms with Gasteiger partial charge in [-0.3, -0.25) is 4.79 Å². The monoisotopic (exact) mass is 299 g/mol. The van der Waals surface area contributed by atoms with Crippen LogP contribution in [0.1, 0.15) is 19.4 Å². The zero-order valence-corrected chi connectivity index (χ0v) is 12.5. The smallest absolute Gasteiger partial charge is 0.238 e. The van der Waals surface area contributed by atoms with Crippen LogP contribution in [0.4, 0.5) is 0 Å². The summed E-state index contributed by atoms with van der Waals surface area (Å²) in [6, 6.07) is 5.74. The number of hydrogen-bond acceptors (Lipinski definition) is 4. The molecule has 1 amide bonds. The topological polar surface area (TPSA) is 115 Å². The summed E-state index contributed by atoms with van der Waals surface area (Å²) in [6.45, 7) is 4.22. The van der Waals surface area contributed by atoms with Crippen LogP contribution in [-0.4, -0.2) is 26.9 Å². The maximum atomic E-state index is 11.6. The lowest BCUT2D eigenvalue weighted by atomic mass is 10.0. The third kappa shape index (κ3) is 4.92. The number of carbonyl (C=O) groups excluding carboxylic acids is 1. The van der Waals surface area contributed by atoms with E-state index in [0.717, 1.165) is 5.56 Å². The average molecular weight is 299 g/mol. The van der Waals surface area contributed by atoms with Gasteiger partial charge in [0.05, 0.1) is 10.9 Å². The molecular weight excluding hydrogens is 278 g/mol.